The van der Waals surface area contributed by atoms with Gasteiger partial charge < -0.3 is 10.1 Å². The van der Waals surface area contributed by atoms with Crippen molar-refractivity contribution >= 4 is 41.1 Å². The van der Waals surface area contributed by atoms with Crippen LogP contribution in [0.15, 0.2) is 35.0 Å². The Bertz CT molecular complexity index is 1250. The van der Waals surface area contributed by atoms with Gasteiger partial charge in [0.05, 0.1) is 12.7 Å². The van der Waals surface area contributed by atoms with Crippen LogP contribution in [0.25, 0.3) is 6.08 Å². The number of aromatic nitrogens is 1. The highest BCUT2D eigenvalue weighted by molar-refractivity contribution is 7.98. The zero-order chi connectivity index (χ0) is 24.6. The summed E-state index contributed by atoms with van der Waals surface area (Å²) in [5.41, 5.74) is 1.00. The molecule has 0 spiro atoms. The van der Waals surface area contributed by atoms with Crippen LogP contribution in [0.1, 0.15) is 40.8 Å². The number of carbonyl (C=O) groups excluding carboxylic acids is 1. The fraction of sp³-hybridized carbons (Fsp3) is 0.304. The van der Waals surface area contributed by atoms with Gasteiger partial charge in [-0.3, -0.25) is 9.69 Å². The summed E-state index contributed by atoms with van der Waals surface area (Å²) in [7, 11) is 1.49. The first kappa shape index (κ1) is 24.0. The molecule has 1 aliphatic carbocycles. The molecule has 1 amide bonds. The SMILES string of the molecule is COc1ccc(/C=C2/NC(=S)N(C3CC3)C2=O)cc1CSc1nc(C(F)(F)F)cc(C)c1C#N. The van der Waals surface area contributed by atoms with Gasteiger partial charge in [0.15, 0.2) is 5.11 Å². The third-order valence-corrected chi connectivity index (χ3v) is 6.71. The molecule has 1 aromatic carbocycles. The van der Waals surface area contributed by atoms with Crippen molar-refractivity contribution in [3.63, 3.8) is 0 Å². The molecule has 2 fully saturated rings. The van der Waals surface area contributed by atoms with Crippen LogP contribution in [0.3, 0.4) is 0 Å². The normalized spacial score (nSPS) is 17.2. The van der Waals surface area contributed by atoms with Crippen LogP contribution >= 0.6 is 24.0 Å². The zero-order valence-corrected chi connectivity index (χ0v) is 19.8. The van der Waals surface area contributed by atoms with Crippen molar-refractivity contribution in [3.05, 3.63) is 57.9 Å². The number of aryl methyl sites for hydroxylation is 1. The lowest BCUT2D eigenvalue weighted by molar-refractivity contribution is -0.141. The van der Waals surface area contributed by atoms with Crippen molar-refractivity contribution in [1.29, 1.82) is 5.26 Å². The van der Waals surface area contributed by atoms with E-state index in [0.717, 1.165) is 30.7 Å². The predicted octanol–water partition coefficient (Wildman–Crippen LogP) is 4.80. The molecule has 2 aromatic rings. The summed E-state index contributed by atoms with van der Waals surface area (Å²) in [6.45, 7) is 1.45. The summed E-state index contributed by atoms with van der Waals surface area (Å²) < 4.78 is 45.1. The maximum Gasteiger partial charge on any atom is 0.433 e. The molecule has 0 bridgehead atoms. The number of amides is 1. The Labute approximate surface area is 203 Å². The molecular weight excluding hydrogens is 485 g/mol. The number of pyridine rings is 1. The van der Waals surface area contributed by atoms with Crippen LogP contribution in [0.2, 0.25) is 0 Å². The van der Waals surface area contributed by atoms with Crippen LogP contribution < -0.4 is 10.1 Å². The van der Waals surface area contributed by atoms with Crippen LogP contribution in [0, 0.1) is 18.3 Å². The number of ether oxygens (including phenoxy) is 1. The lowest BCUT2D eigenvalue weighted by atomic mass is 10.1. The van der Waals surface area contributed by atoms with E-state index >= 15 is 0 Å². The molecule has 2 aliphatic rings. The molecule has 1 aromatic heterocycles. The van der Waals surface area contributed by atoms with Gasteiger partial charge in [-0.25, -0.2) is 4.98 Å². The highest BCUT2D eigenvalue weighted by Crippen LogP contribution is 2.35. The number of benzene rings is 1. The van der Waals surface area contributed by atoms with Crippen molar-refractivity contribution in [2.24, 2.45) is 0 Å². The fourth-order valence-corrected chi connectivity index (χ4v) is 4.93. The van der Waals surface area contributed by atoms with E-state index in [4.69, 9.17) is 17.0 Å². The Morgan fingerprint density at radius 2 is 2.12 bits per heavy atom. The summed E-state index contributed by atoms with van der Waals surface area (Å²) in [5.74, 6) is 0.551. The number of nitrogens with zero attached hydrogens (tertiary/aromatic N) is 3. The van der Waals surface area contributed by atoms with Gasteiger partial charge in [-0.15, -0.1) is 11.8 Å². The quantitative estimate of drug-likeness (QED) is 0.344. The summed E-state index contributed by atoms with van der Waals surface area (Å²) >= 11 is 6.29. The number of hydrogen-bond donors (Lipinski definition) is 1. The van der Waals surface area contributed by atoms with E-state index < -0.39 is 11.9 Å². The van der Waals surface area contributed by atoms with E-state index in [1.807, 2.05) is 6.07 Å². The van der Waals surface area contributed by atoms with Crippen LogP contribution in [0.5, 0.6) is 5.75 Å². The van der Waals surface area contributed by atoms with Gasteiger partial charge in [0.25, 0.3) is 5.91 Å². The minimum atomic E-state index is -4.62. The Balaban J connectivity index is 1.61. The molecule has 1 saturated carbocycles. The number of nitrogens with one attached hydrogen (secondary N) is 1. The Morgan fingerprint density at radius 1 is 1.38 bits per heavy atom. The van der Waals surface area contributed by atoms with Gasteiger partial charge in [-0.1, -0.05) is 6.07 Å². The number of carbonyl (C=O) groups is 1. The molecule has 11 heteroatoms. The average molecular weight is 505 g/mol. The van der Waals surface area contributed by atoms with Gasteiger partial charge in [0.1, 0.15) is 28.2 Å². The van der Waals surface area contributed by atoms with Crippen LogP contribution in [-0.2, 0) is 16.7 Å². The van der Waals surface area contributed by atoms with Crippen molar-refractivity contribution in [1.82, 2.24) is 15.2 Å². The smallest absolute Gasteiger partial charge is 0.433 e. The maximum atomic E-state index is 13.2. The third-order valence-electron chi connectivity index (χ3n) is 5.39. The molecule has 4 rings (SSSR count). The molecule has 6 nitrogen and oxygen atoms in total. The first-order valence-electron chi connectivity index (χ1n) is 10.3. The average Bonchev–Trinajstić information content (AvgIpc) is 3.57. The summed E-state index contributed by atoms with van der Waals surface area (Å²) in [6.07, 6.45) is -1.08. The number of thiocarbonyl (C=S) groups is 1. The minimum absolute atomic E-state index is 0.00121. The summed E-state index contributed by atoms with van der Waals surface area (Å²) in [6, 6.07) is 8.23. The largest absolute Gasteiger partial charge is 0.496 e. The fourth-order valence-electron chi connectivity index (χ4n) is 3.56. The molecule has 34 heavy (non-hydrogen) atoms. The van der Waals surface area contributed by atoms with Crippen LogP contribution in [-0.4, -0.2) is 34.1 Å². The molecule has 0 atom stereocenters. The standard InChI is InChI=1S/C23H19F3N4O2S2/c1-12-7-19(23(24,25)26)29-20(16(12)10-27)34-11-14-8-13(3-6-18(14)32-2)9-17-21(31)30(15-4-5-15)22(33)28-17/h3,6-9,15H,4-5,11H2,1-2H3,(H,28,33)/b17-9+. The molecule has 2 heterocycles. The maximum absolute atomic E-state index is 13.2. The second-order valence-corrected chi connectivity index (χ2v) is 9.22. The number of thioether (sulfide) groups is 1. The minimum Gasteiger partial charge on any atom is -0.496 e. The van der Waals surface area contributed by atoms with E-state index in [1.54, 1.807) is 29.2 Å². The van der Waals surface area contributed by atoms with E-state index in [0.29, 0.717) is 27.7 Å². The van der Waals surface area contributed by atoms with E-state index in [9.17, 15) is 23.2 Å². The number of alkyl halides is 3. The van der Waals surface area contributed by atoms with Crippen molar-refractivity contribution in [3.8, 4) is 11.8 Å². The topological polar surface area (TPSA) is 78.2 Å². The second-order valence-electron chi connectivity index (χ2n) is 7.87. The second kappa shape index (κ2) is 9.27. The van der Waals surface area contributed by atoms with E-state index in [-0.39, 0.29) is 33.9 Å². The molecule has 1 N–H and O–H groups in total. The zero-order valence-electron chi connectivity index (χ0n) is 18.2. The number of nitriles is 1. The predicted molar refractivity (Wildman–Crippen MR) is 125 cm³/mol. The van der Waals surface area contributed by atoms with E-state index in [2.05, 4.69) is 10.3 Å². The summed E-state index contributed by atoms with van der Waals surface area (Å²) in [4.78, 5) is 18.0. The molecule has 1 saturated heterocycles. The highest BCUT2D eigenvalue weighted by atomic mass is 32.2. The number of rotatable bonds is 6. The molecule has 0 unspecified atom stereocenters. The van der Waals surface area contributed by atoms with E-state index in [1.165, 1.54) is 14.0 Å². The highest BCUT2D eigenvalue weighted by Gasteiger charge is 2.41. The lowest BCUT2D eigenvalue weighted by Crippen LogP contribution is -2.32. The Hall–Kier alpha value is -3.10. The van der Waals surface area contributed by atoms with Gasteiger partial charge in [0.2, 0.25) is 0 Å². The number of methoxy groups -OCH3 is 1. The lowest BCUT2D eigenvalue weighted by Gasteiger charge is -2.13. The first-order valence-corrected chi connectivity index (χ1v) is 11.7. The van der Waals surface area contributed by atoms with Gasteiger partial charge >= 0.3 is 6.18 Å². The van der Waals surface area contributed by atoms with Crippen LogP contribution in [0.4, 0.5) is 13.2 Å². The number of halogens is 3. The van der Waals surface area contributed by atoms with Gasteiger partial charge in [0, 0.05) is 17.4 Å². The van der Waals surface area contributed by atoms with Crippen molar-refractivity contribution in [2.45, 2.75) is 42.8 Å². The third kappa shape index (κ3) is 4.88. The Morgan fingerprint density at radius 3 is 2.74 bits per heavy atom. The van der Waals surface area contributed by atoms with Crippen molar-refractivity contribution in [2.75, 3.05) is 7.11 Å². The Kier molecular flexibility index (Phi) is 6.55. The molecule has 0 radical (unpaired) electrons. The number of hydrogen-bond acceptors (Lipinski definition) is 6. The molecule has 1 aliphatic heterocycles. The monoisotopic (exact) mass is 504 g/mol. The van der Waals surface area contributed by atoms with Gasteiger partial charge in [-0.2, -0.15) is 18.4 Å². The molecule has 176 valence electrons. The first-order chi connectivity index (χ1) is 16.1. The summed E-state index contributed by atoms with van der Waals surface area (Å²) in [5, 5.41) is 12.8. The molecular formula is C23H19F3N4O2S2. The van der Waals surface area contributed by atoms with Gasteiger partial charge in [-0.05, 0) is 67.4 Å². The van der Waals surface area contributed by atoms with Crippen molar-refractivity contribution < 1.29 is 22.7 Å².